The molecule has 1 unspecified atom stereocenters. The highest BCUT2D eigenvalue weighted by atomic mass is 32.2. The first kappa shape index (κ1) is 25.5. The van der Waals surface area contributed by atoms with Crippen LogP contribution in [0.5, 0.6) is 0 Å². The van der Waals surface area contributed by atoms with Gasteiger partial charge in [-0.25, -0.2) is 9.18 Å². The summed E-state index contributed by atoms with van der Waals surface area (Å²) in [5, 5.41) is 7.47. The van der Waals surface area contributed by atoms with Crippen LogP contribution in [0.4, 0.5) is 4.39 Å². The number of rotatable bonds is 8. The number of hydrogen-bond donors (Lipinski definition) is 1. The van der Waals surface area contributed by atoms with Crippen LogP contribution >= 0.6 is 0 Å². The van der Waals surface area contributed by atoms with E-state index in [0.29, 0.717) is 24.3 Å². The summed E-state index contributed by atoms with van der Waals surface area (Å²) in [5.74, 6) is -1.43. The van der Waals surface area contributed by atoms with E-state index in [1.54, 1.807) is 18.7 Å². The molecule has 184 valence electrons. The maximum atomic E-state index is 13.1. The predicted octanol–water partition coefficient (Wildman–Crippen LogP) is 2.06. The van der Waals surface area contributed by atoms with Gasteiger partial charge < -0.3 is 15.0 Å². The minimum absolute atomic E-state index is 0.0655. The highest BCUT2D eigenvalue weighted by molar-refractivity contribution is 7.84. The Kier molecular flexibility index (Phi) is 8.54. The van der Waals surface area contributed by atoms with E-state index in [1.165, 1.54) is 35.2 Å². The number of piperidine rings is 1. The first-order valence-electron chi connectivity index (χ1n) is 11.1. The number of nitrogens with one attached hydrogen (secondary N) is 1. The molecule has 2 atom stereocenters. The summed E-state index contributed by atoms with van der Waals surface area (Å²) in [4.78, 5) is 39.2. The molecule has 1 saturated heterocycles. The van der Waals surface area contributed by atoms with Crippen molar-refractivity contribution in [2.75, 3.05) is 26.0 Å². The van der Waals surface area contributed by atoms with Gasteiger partial charge in [0.05, 0.1) is 29.6 Å². The highest BCUT2D eigenvalue weighted by Gasteiger charge is 2.27. The Morgan fingerprint density at radius 3 is 2.62 bits per heavy atom. The number of halogens is 1. The van der Waals surface area contributed by atoms with Crippen LogP contribution in [0.1, 0.15) is 52.6 Å². The summed E-state index contributed by atoms with van der Waals surface area (Å²) in [6.45, 7) is 4.57. The van der Waals surface area contributed by atoms with Crippen molar-refractivity contribution in [3.05, 3.63) is 46.9 Å². The Balaban J connectivity index is 1.60. The number of benzene rings is 1. The molecule has 9 nitrogen and oxygen atoms in total. The molecule has 2 amide bonds. The monoisotopic (exact) mass is 492 g/mol. The van der Waals surface area contributed by atoms with Gasteiger partial charge in [-0.3, -0.25) is 18.5 Å². The average molecular weight is 493 g/mol. The van der Waals surface area contributed by atoms with Crippen LogP contribution in [0.25, 0.3) is 0 Å². The molecule has 11 heteroatoms. The van der Waals surface area contributed by atoms with E-state index in [4.69, 9.17) is 4.74 Å². The molecule has 0 radical (unpaired) electrons. The summed E-state index contributed by atoms with van der Waals surface area (Å²) < 4.78 is 31.9. The van der Waals surface area contributed by atoms with E-state index in [-0.39, 0.29) is 48.0 Å². The largest absolute Gasteiger partial charge is 0.462 e. The second-order valence-corrected chi connectivity index (χ2v) is 9.37. The lowest BCUT2D eigenvalue weighted by Crippen LogP contribution is -2.49. The fourth-order valence-corrected chi connectivity index (χ4v) is 4.95. The van der Waals surface area contributed by atoms with Crippen molar-refractivity contribution < 1.29 is 27.7 Å². The molecule has 1 aromatic carbocycles. The van der Waals surface area contributed by atoms with Gasteiger partial charge in [0.1, 0.15) is 16.4 Å². The maximum absolute atomic E-state index is 13.1. The Labute approximate surface area is 200 Å². The number of esters is 1. The number of likely N-dealkylation sites (tertiary alicyclic amines) is 1. The van der Waals surface area contributed by atoms with E-state index < -0.39 is 22.6 Å². The zero-order valence-electron chi connectivity index (χ0n) is 19.5. The Bertz CT molecular complexity index is 1090. The molecule has 0 saturated carbocycles. The van der Waals surface area contributed by atoms with Crippen LogP contribution in [-0.2, 0) is 26.9 Å². The molecule has 2 heterocycles. The van der Waals surface area contributed by atoms with Crippen molar-refractivity contribution in [2.24, 2.45) is 0 Å². The molecule has 0 spiro atoms. The van der Waals surface area contributed by atoms with Crippen molar-refractivity contribution in [3.8, 4) is 0 Å². The van der Waals surface area contributed by atoms with E-state index in [1.807, 2.05) is 0 Å². The van der Waals surface area contributed by atoms with Gasteiger partial charge in [0.25, 0.3) is 5.91 Å². The molecule has 1 aromatic heterocycles. The lowest BCUT2D eigenvalue weighted by atomic mass is 10.0. The number of aryl methyl sites for hydroxylation is 2. The average Bonchev–Trinajstić information content (AvgIpc) is 3.14. The summed E-state index contributed by atoms with van der Waals surface area (Å²) >= 11 is 0. The van der Waals surface area contributed by atoms with E-state index in [2.05, 4.69) is 10.4 Å². The van der Waals surface area contributed by atoms with Crippen LogP contribution < -0.4 is 5.32 Å². The standard InChI is InChI=1S/C23H29FN4O5S/c1-4-33-23(31)20-15(2)26-28(22(20)34(3)32)13-11-19(29)25-18-6-5-12-27(14-18)21(30)16-7-9-17(24)10-8-16/h7-10,18H,4-6,11-14H2,1-3H3,(H,25,29)/t18-,34?/m0/s1. The highest BCUT2D eigenvalue weighted by Crippen LogP contribution is 2.20. The Hall–Kier alpha value is -3.08. The molecule has 1 N–H and O–H groups in total. The lowest BCUT2D eigenvalue weighted by molar-refractivity contribution is -0.122. The normalized spacial score (nSPS) is 16.7. The molecular formula is C23H29FN4O5S. The van der Waals surface area contributed by atoms with Gasteiger partial charge >= 0.3 is 5.97 Å². The third-order valence-corrected chi connectivity index (χ3v) is 6.51. The first-order valence-corrected chi connectivity index (χ1v) is 12.7. The minimum atomic E-state index is -1.51. The van der Waals surface area contributed by atoms with Crippen molar-refractivity contribution >= 4 is 28.6 Å². The lowest BCUT2D eigenvalue weighted by Gasteiger charge is -2.33. The minimum Gasteiger partial charge on any atom is -0.462 e. The molecule has 2 aromatic rings. The van der Waals surface area contributed by atoms with Crippen LogP contribution in [0.2, 0.25) is 0 Å². The Morgan fingerprint density at radius 2 is 1.97 bits per heavy atom. The van der Waals surface area contributed by atoms with Gasteiger partial charge in [-0.2, -0.15) is 5.10 Å². The SMILES string of the molecule is CCOC(=O)c1c(C)nn(CCC(=O)N[C@H]2CCCN(C(=O)c3ccc(F)cc3)C2)c1S(C)=O. The third-order valence-electron chi connectivity index (χ3n) is 5.55. The molecular weight excluding hydrogens is 463 g/mol. The van der Waals surface area contributed by atoms with E-state index in [9.17, 15) is 23.0 Å². The van der Waals surface area contributed by atoms with Crippen molar-refractivity contribution in [1.29, 1.82) is 0 Å². The van der Waals surface area contributed by atoms with E-state index in [0.717, 1.165) is 12.8 Å². The second kappa shape index (κ2) is 11.4. The summed E-state index contributed by atoms with van der Waals surface area (Å²) in [6, 6.07) is 5.19. The Morgan fingerprint density at radius 1 is 1.26 bits per heavy atom. The number of amides is 2. The zero-order valence-corrected chi connectivity index (χ0v) is 20.3. The molecule has 34 heavy (non-hydrogen) atoms. The number of ether oxygens (including phenoxy) is 1. The summed E-state index contributed by atoms with van der Waals surface area (Å²) in [6.07, 6.45) is 2.98. The van der Waals surface area contributed by atoms with Gasteiger partial charge in [0.15, 0.2) is 0 Å². The quantitative estimate of drug-likeness (QED) is 0.565. The van der Waals surface area contributed by atoms with Crippen molar-refractivity contribution in [2.45, 2.75) is 50.7 Å². The van der Waals surface area contributed by atoms with Crippen LogP contribution in [0, 0.1) is 12.7 Å². The van der Waals surface area contributed by atoms with Gasteiger partial charge in [-0.05, 0) is 51.0 Å². The molecule has 0 bridgehead atoms. The fraction of sp³-hybridized carbons (Fsp3) is 0.478. The molecule has 1 aliphatic rings. The van der Waals surface area contributed by atoms with Crippen molar-refractivity contribution in [3.63, 3.8) is 0 Å². The second-order valence-electron chi connectivity index (χ2n) is 8.08. The smallest absolute Gasteiger partial charge is 0.342 e. The first-order chi connectivity index (χ1) is 16.2. The molecule has 0 aliphatic carbocycles. The molecule has 3 rings (SSSR count). The van der Waals surface area contributed by atoms with Gasteiger partial charge in [-0.1, -0.05) is 0 Å². The molecule has 1 fully saturated rings. The van der Waals surface area contributed by atoms with Crippen molar-refractivity contribution in [1.82, 2.24) is 20.0 Å². The number of hydrogen-bond acceptors (Lipinski definition) is 6. The van der Waals surface area contributed by atoms with Crippen LogP contribution in [0.3, 0.4) is 0 Å². The van der Waals surface area contributed by atoms with Gasteiger partial charge in [-0.15, -0.1) is 0 Å². The third kappa shape index (κ3) is 6.07. The van der Waals surface area contributed by atoms with Crippen LogP contribution in [0.15, 0.2) is 29.3 Å². The maximum Gasteiger partial charge on any atom is 0.342 e. The number of carbonyl (C=O) groups is 3. The summed E-state index contributed by atoms with van der Waals surface area (Å²) in [5.41, 5.74) is 0.969. The van der Waals surface area contributed by atoms with Gasteiger partial charge in [0, 0.05) is 37.4 Å². The summed E-state index contributed by atoms with van der Waals surface area (Å²) in [7, 11) is -1.51. The fourth-order valence-electron chi connectivity index (χ4n) is 4.00. The number of nitrogens with zero attached hydrogens (tertiary/aromatic N) is 3. The predicted molar refractivity (Wildman–Crippen MR) is 123 cm³/mol. The number of aromatic nitrogens is 2. The number of carbonyl (C=O) groups excluding carboxylic acids is 3. The zero-order chi connectivity index (χ0) is 24.8. The topological polar surface area (TPSA) is 111 Å². The van der Waals surface area contributed by atoms with Gasteiger partial charge in [0.2, 0.25) is 5.91 Å². The van der Waals surface area contributed by atoms with E-state index >= 15 is 0 Å². The van der Waals surface area contributed by atoms with Crippen LogP contribution in [-0.4, -0.2) is 68.7 Å². The molecule has 1 aliphatic heterocycles.